The Bertz CT molecular complexity index is 1180. The smallest absolute Gasteiger partial charge is 0.326 e. The number of hydrogen-bond acceptors (Lipinski definition) is 8. The summed E-state index contributed by atoms with van der Waals surface area (Å²) < 4.78 is 0. The molecule has 0 aliphatic rings. The number of primary amides is 1. The second-order valence-corrected chi connectivity index (χ2v) is 9.64. The number of rotatable bonds is 17. The van der Waals surface area contributed by atoms with Crippen LogP contribution in [0.1, 0.15) is 36.8 Å². The lowest BCUT2D eigenvalue weighted by Gasteiger charge is -2.25. The molecule has 222 valence electrons. The fourth-order valence-corrected chi connectivity index (χ4v) is 4.02. The van der Waals surface area contributed by atoms with E-state index in [1.807, 2.05) is 30.3 Å². The van der Waals surface area contributed by atoms with Gasteiger partial charge in [0, 0.05) is 6.42 Å². The Hall–Kier alpha value is -4.49. The SMILES string of the molecule is NCCCCC(NC(=O)C(Cc1ccc(O)cc1)NC(=O)C(N)Cc1ccccc1)C(=O)NC(CC(N)=O)C(=O)O. The van der Waals surface area contributed by atoms with Gasteiger partial charge in [0.2, 0.25) is 23.6 Å². The van der Waals surface area contributed by atoms with Crippen molar-refractivity contribution in [3.8, 4) is 5.75 Å². The van der Waals surface area contributed by atoms with Gasteiger partial charge < -0.3 is 43.4 Å². The zero-order chi connectivity index (χ0) is 30.4. The number of phenolic OH excluding ortho intramolecular Hbond substituents is 1. The summed E-state index contributed by atoms with van der Waals surface area (Å²) in [6, 6.07) is 10.2. The summed E-state index contributed by atoms with van der Waals surface area (Å²) in [6.45, 7) is 0.334. The summed E-state index contributed by atoms with van der Waals surface area (Å²) in [4.78, 5) is 62.3. The number of aliphatic carboxylic acids is 1. The van der Waals surface area contributed by atoms with E-state index < -0.39 is 60.2 Å². The maximum atomic E-state index is 13.5. The fraction of sp³-hybridized carbons (Fsp3) is 0.393. The zero-order valence-electron chi connectivity index (χ0n) is 22.6. The molecule has 4 amide bonds. The second-order valence-electron chi connectivity index (χ2n) is 9.64. The van der Waals surface area contributed by atoms with Gasteiger partial charge in [0.15, 0.2) is 0 Å². The van der Waals surface area contributed by atoms with Crippen LogP contribution < -0.4 is 33.2 Å². The van der Waals surface area contributed by atoms with Crippen molar-refractivity contribution in [3.05, 3.63) is 65.7 Å². The van der Waals surface area contributed by atoms with E-state index in [1.54, 1.807) is 12.1 Å². The monoisotopic (exact) mass is 570 g/mol. The standard InChI is InChI=1S/C28H38N6O7/c29-13-5-4-8-21(26(38)34-23(28(40)41)16-24(31)36)32-27(39)22(15-18-9-11-19(35)12-10-18)33-25(37)20(30)14-17-6-2-1-3-7-17/h1-3,6-7,9-12,20-23,35H,4-5,8,13-16,29-30H2,(H2,31,36)(H,32,39)(H,33,37)(H,34,38)(H,40,41). The summed E-state index contributed by atoms with van der Waals surface area (Å²) in [5.41, 5.74) is 18.2. The number of carboxylic acid groups (broad SMARTS) is 1. The van der Waals surface area contributed by atoms with Crippen LogP contribution in [0.2, 0.25) is 0 Å². The molecule has 13 nitrogen and oxygen atoms in total. The third-order valence-corrected chi connectivity index (χ3v) is 6.24. The highest BCUT2D eigenvalue weighted by Gasteiger charge is 2.31. The number of carboxylic acids is 1. The first-order valence-electron chi connectivity index (χ1n) is 13.2. The molecule has 0 heterocycles. The van der Waals surface area contributed by atoms with Gasteiger partial charge in [-0.25, -0.2) is 4.79 Å². The van der Waals surface area contributed by atoms with Crippen LogP contribution in [-0.4, -0.2) is 70.5 Å². The Kier molecular flexibility index (Phi) is 13.2. The topological polar surface area (TPSA) is 240 Å². The average Bonchev–Trinajstić information content (AvgIpc) is 2.93. The molecule has 4 unspecified atom stereocenters. The van der Waals surface area contributed by atoms with Crippen LogP contribution in [-0.2, 0) is 36.8 Å². The van der Waals surface area contributed by atoms with Crippen molar-refractivity contribution < 1.29 is 34.2 Å². The summed E-state index contributed by atoms with van der Waals surface area (Å²) >= 11 is 0. The Balaban J connectivity index is 2.24. The minimum absolute atomic E-state index is 0.00642. The molecule has 0 radical (unpaired) electrons. The predicted octanol–water partition coefficient (Wildman–Crippen LogP) is -0.952. The summed E-state index contributed by atoms with van der Waals surface area (Å²) in [5.74, 6) is -4.51. The van der Waals surface area contributed by atoms with Crippen LogP contribution in [0.15, 0.2) is 54.6 Å². The van der Waals surface area contributed by atoms with Crippen molar-refractivity contribution in [2.24, 2.45) is 17.2 Å². The van der Waals surface area contributed by atoms with Gasteiger partial charge in [-0.1, -0.05) is 42.5 Å². The number of aromatic hydroxyl groups is 1. The minimum Gasteiger partial charge on any atom is -0.508 e. The van der Waals surface area contributed by atoms with Crippen molar-refractivity contribution in [1.29, 1.82) is 0 Å². The second kappa shape index (κ2) is 16.6. The lowest BCUT2D eigenvalue weighted by atomic mass is 10.0. The van der Waals surface area contributed by atoms with E-state index in [9.17, 15) is 34.2 Å². The molecule has 0 bridgehead atoms. The first-order valence-corrected chi connectivity index (χ1v) is 13.2. The third kappa shape index (κ3) is 11.6. The van der Waals surface area contributed by atoms with Gasteiger partial charge in [0.1, 0.15) is 23.9 Å². The Morgan fingerprint density at radius 1 is 0.732 bits per heavy atom. The van der Waals surface area contributed by atoms with Crippen molar-refractivity contribution in [2.45, 2.75) is 62.7 Å². The molecule has 2 rings (SSSR count). The molecule has 2 aromatic rings. The van der Waals surface area contributed by atoms with Gasteiger partial charge in [-0.2, -0.15) is 0 Å². The number of nitrogens with one attached hydrogen (secondary N) is 3. The number of carbonyl (C=O) groups is 5. The van der Waals surface area contributed by atoms with Gasteiger partial charge in [0.25, 0.3) is 0 Å². The maximum Gasteiger partial charge on any atom is 0.326 e. The average molecular weight is 571 g/mol. The number of hydrogen-bond donors (Lipinski definition) is 8. The van der Waals surface area contributed by atoms with E-state index >= 15 is 0 Å². The van der Waals surface area contributed by atoms with E-state index in [2.05, 4.69) is 16.0 Å². The molecule has 0 fully saturated rings. The minimum atomic E-state index is -1.59. The lowest BCUT2D eigenvalue weighted by Crippen LogP contribution is -2.58. The van der Waals surface area contributed by atoms with Crippen LogP contribution >= 0.6 is 0 Å². The number of carbonyl (C=O) groups excluding carboxylic acids is 4. The van der Waals surface area contributed by atoms with Crippen LogP contribution in [0, 0.1) is 0 Å². The van der Waals surface area contributed by atoms with Gasteiger partial charge in [-0.15, -0.1) is 0 Å². The highest BCUT2D eigenvalue weighted by atomic mass is 16.4. The van der Waals surface area contributed by atoms with Gasteiger partial charge >= 0.3 is 5.97 Å². The number of unbranched alkanes of at least 4 members (excludes halogenated alkanes) is 1. The Morgan fingerprint density at radius 3 is 1.88 bits per heavy atom. The highest BCUT2D eigenvalue weighted by molar-refractivity contribution is 5.95. The quantitative estimate of drug-likeness (QED) is 0.109. The fourth-order valence-electron chi connectivity index (χ4n) is 4.02. The van der Waals surface area contributed by atoms with Crippen molar-refractivity contribution in [2.75, 3.05) is 6.54 Å². The Labute approximate surface area is 237 Å². The largest absolute Gasteiger partial charge is 0.508 e. The molecular formula is C28H38N6O7. The lowest BCUT2D eigenvalue weighted by molar-refractivity contribution is -0.143. The molecule has 4 atom stereocenters. The number of nitrogens with two attached hydrogens (primary N) is 3. The van der Waals surface area contributed by atoms with Crippen molar-refractivity contribution in [1.82, 2.24) is 16.0 Å². The van der Waals surface area contributed by atoms with E-state index in [0.717, 1.165) is 5.56 Å². The van der Waals surface area contributed by atoms with Crippen LogP contribution in [0.25, 0.3) is 0 Å². The summed E-state index contributed by atoms with van der Waals surface area (Å²) in [5, 5.41) is 26.5. The van der Waals surface area contributed by atoms with Gasteiger partial charge in [-0.05, 0) is 55.5 Å². The Morgan fingerprint density at radius 2 is 1.29 bits per heavy atom. The third-order valence-electron chi connectivity index (χ3n) is 6.24. The number of amides is 4. The molecule has 0 saturated carbocycles. The molecule has 11 N–H and O–H groups in total. The maximum absolute atomic E-state index is 13.5. The molecule has 0 saturated heterocycles. The van der Waals surface area contributed by atoms with E-state index in [0.29, 0.717) is 24.9 Å². The van der Waals surface area contributed by atoms with Crippen molar-refractivity contribution in [3.63, 3.8) is 0 Å². The highest BCUT2D eigenvalue weighted by Crippen LogP contribution is 2.13. The van der Waals surface area contributed by atoms with Gasteiger partial charge in [-0.3, -0.25) is 19.2 Å². The molecule has 41 heavy (non-hydrogen) atoms. The molecule has 0 aromatic heterocycles. The summed E-state index contributed by atoms with van der Waals surface area (Å²) in [7, 11) is 0. The number of phenols is 1. The van der Waals surface area contributed by atoms with Crippen LogP contribution in [0.5, 0.6) is 5.75 Å². The molecule has 0 aliphatic heterocycles. The van der Waals surface area contributed by atoms with E-state index in [4.69, 9.17) is 17.2 Å². The normalized spacial score (nSPS) is 13.7. The molecule has 0 spiro atoms. The molecule has 2 aromatic carbocycles. The first kappa shape index (κ1) is 32.7. The molecular weight excluding hydrogens is 532 g/mol. The van der Waals surface area contributed by atoms with E-state index in [-0.39, 0.29) is 25.0 Å². The zero-order valence-corrected chi connectivity index (χ0v) is 22.6. The predicted molar refractivity (Wildman–Crippen MR) is 150 cm³/mol. The van der Waals surface area contributed by atoms with Crippen LogP contribution in [0.3, 0.4) is 0 Å². The van der Waals surface area contributed by atoms with E-state index in [1.165, 1.54) is 12.1 Å². The number of benzene rings is 2. The molecule has 13 heteroatoms. The summed E-state index contributed by atoms with van der Waals surface area (Å²) in [6.07, 6.45) is 0.673. The molecule has 0 aliphatic carbocycles. The first-order chi connectivity index (χ1) is 19.5. The van der Waals surface area contributed by atoms with Crippen molar-refractivity contribution >= 4 is 29.6 Å². The van der Waals surface area contributed by atoms with Crippen LogP contribution in [0.4, 0.5) is 0 Å². The van der Waals surface area contributed by atoms with Gasteiger partial charge in [0.05, 0.1) is 12.5 Å².